The fraction of sp³-hybridized carbons (Fsp3) is 0.143. The van der Waals surface area contributed by atoms with Crippen LogP contribution in [0.3, 0.4) is 0 Å². The molecule has 176 valence electrons. The van der Waals surface area contributed by atoms with Crippen LogP contribution in [0.25, 0.3) is 5.69 Å². The third kappa shape index (κ3) is 4.41. The molecule has 0 saturated heterocycles. The van der Waals surface area contributed by atoms with Crippen molar-refractivity contribution < 1.29 is 30.6 Å². The molecule has 2 aromatic heterocycles. The van der Waals surface area contributed by atoms with Crippen molar-refractivity contribution in [3.05, 3.63) is 83.6 Å². The van der Waals surface area contributed by atoms with Crippen molar-refractivity contribution in [1.82, 2.24) is 24.5 Å². The third-order valence-corrected chi connectivity index (χ3v) is 6.09. The number of carbonyl (C=O) groups is 1. The standard InChI is InChI=1S/C21H16F3N5O4S/c1-13-3-6-15(7-4-13)34(31,32)33-20-17(10-26-28(20)2)19(30)16-8-5-14(29-12-25-11-27-29)9-18(16)21(22,23)24/h3-12H,1-2H3. The molecule has 0 saturated carbocycles. The Labute approximate surface area is 191 Å². The van der Waals surface area contributed by atoms with Gasteiger partial charge in [0.15, 0.2) is 0 Å². The van der Waals surface area contributed by atoms with Crippen molar-refractivity contribution >= 4 is 15.9 Å². The average Bonchev–Trinajstić information content (AvgIpc) is 3.43. The summed E-state index contributed by atoms with van der Waals surface area (Å²) in [5, 5.41) is 7.60. The van der Waals surface area contributed by atoms with Crippen molar-refractivity contribution in [2.45, 2.75) is 18.0 Å². The van der Waals surface area contributed by atoms with Gasteiger partial charge >= 0.3 is 16.3 Å². The van der Waals surface area contributed by atoms with Crippen LogP contribution in [0.2, 0.25) is 0 Å². The minimum Gasteiger partial charge on any atom is -0.358 e. The van der Waals surface area contributed by atoms with Crippen molar-refractivity contribution in [3.63, 3.8) is 0 Å². The van der Waals surface area contributed by atoms with E-state index in [9.17, 15) is 26.4 Å². The summed E-state index contributed by atoms with van der Waals surface area (Å²) in [7, 11) is -3.09. The van der Waals surface area contributed by atoms with Crippen LogP contribution in [0.15, 0.2) is 66.2 Å². The minimum atomic E-state index is -4.89. The molecule has 0 aliphatic carbocycles. The number of alkyl halides is 3. The van der Waals surface area contributed by atoms with Crippen LogP contribution in [0.5, 0.6) is 5.88 Å². The Morgan fingerprint density at radius 2 is 1.74 bits per heavy atom. The number of hydrogen-bond acceptors (Lipinski definition) is 7. The minimum absolute atomic E-state index is 0.0333. The van der Waals surface area contributed by atoms with E-state index in [0.717, 1.165) is 39.6 Å². The van der Waals surface area contributed by atoms with Gasteiger partial charge in [0.2, 0.25) is 11.7 Å². The smallest absolute Gasteiger partial charge is 0.358 e. The Kier molecular flexibility index (Phi) is 5.73. The number of rotatable bonds is 6. The summed E-state index contributed by atoms with van der Waals surface area (Å²) < 4.78 is 74.1. The van der Waals surface area contributed by atoms with E-state index in [4.69, 9.17) is 4.18 Å². The number of benzene rings is 2. The quantitative estimate of drug-likeness (QED) is 0.301. The molecule has 0 N–H and O–H groups in total. The molecule has 0 unspecified atom stereocenters. The summed E-state index contributed by atoms with van der Waals surface area (Å²) >= 11 is 0. The highest BCUT2D eigenvalue weighted by Gasteiger charge is 2.37. The van der Waals surface area contributed by atoms with E-state index in [1.807, 2.05) is 0 Å². The van der Waals surface area contributed by atoms with E-state index in [0.29, 0.717) is 0 Å². The van der Waals surface area contributed by atoms with Crippen molar-refractivity contribution in [2.24, 2.45) is 7.05 Å². The van der Waals surface area contributed by atoms with Crippen LogP contribution in [0.1, 0.15) is 27.0 Å². The molecule has 0 spiro atoms. The molecule has 0 aliphatic rings. The zero-order valence-electron chi connectivity index (χ0n) is 17.7. The first kappa shape index (κ1) is 23.2. The first-order valence-electron chi connectivity index (χ1n) is 9.61. The lowest BCUT2D eigenvalue weighted by Crippen LogP contribution is -2.17. The summed E-state index contributed by atoms with van der Waals surface area (Å²) in [4.78, 5) is 16.7. The third-order valence-electron chi connectivity index (χ3n) is 4.86. The fourth-order valence-corrected chi connectivity index (χ4v) is 4.10. The second-order valence-corrected chi connectivity index (χ2v) is 8.78. The molecule has 0 fully saturated rings. The first-order chi connectivity index (χ1) is 16.0. The van der Waals surface area contributed by atoms with Crippen LogP contribution < -0.4 is 4.18 Å². The van der Waals surface area contributed by atoms with Crippen LogP contribution in [0.4, 0.5) is 13.2 Å². The number of halogens is 3. The van der Waals surface area contributed by atoms with Crippen LogP contribution >= 0.6 is 0 Å². The highest BCUT2D eigenvalue weighted by Crippen LogP contribution is 2.35. The summed E-state index contributed by atoms with van der Waals surface area (Å²) in [6.07, 6.45) is -1.58. The van der Waals surface area contributed by atoms with E-state index >= 15 is 0 Å². The van der Waals surface area contributed by atoms with Gasteiger partial charge in [-0.3, -0.25) is 4.79 Å². The van der Waals surface area contributed by atoms with E-state index in [1.54, 1.807) is 19.1 Å². The van der Waals surface area contributed by atoms with Gasteiger partial charge in [0.1, 0.15) is 23.1 Å². The molecule has 0 bridgehead atoms. The second-order valence-electron chi connectivity index (χ2n) is 7.23. The van der Waals surface area contributed by atoms with Crippen molar-refractivity contribution in [1.29, 1.82) is 0 Å². The lowest BCUT2D eigenvalue weighted by molar-refractivity contribution is -0.137. The SMILES string of the molecule is Cc1ccc(S(=O)(=O)Oc2c(C(=O)c3ccc(-n4cncn4)cc3C(F)(F)F)cnn2C)cc1. The van der Waals surface area contributed by atoms with Gasteiger partial charge in [-0.15, -0.1) is 0 Å². The normalized spacial score (nSPS) is 12.0. The topological polar surface area (TPSA) is 109 Å². The molecule has 13 heteroatoms. The predicted molar refractivity (Wildman–Crippen MR) is 112 cm³/mol. The molecule has 4 aromatic rings. The van der Waals surface area contributed by atoms with Crippen LogP contribution in [-0.4, -0.2) is 38.7 Å². The number of ketones is 1. The maximum atomic E-state index is 13.8. The van der Waals surface area contributed by atoms with Gasteiger partial charge in [0, 0.05) is 12.6 Å². The largest absolute Gasteiger partial charge is 0.417 e. The second kappa shape index (κ2) is 8.41. The van der Waals surface area contributed by atoms with Crippen LogP contribution in [0, 0.1) is 6.92 Å². The predicted octanol–water partition coefficient (Wildman–Crippen LogP) is 3.33. The number of aryl methyl sites for hydroxylation is 2. The lowest BCUT2D eigenvalue weighted by Gasteiger charge is -2.14. The Hall–Kier alpha value is -4.00. The number of hydrogen-bond donors (Lipinski definition) is 0. The van der Waals surface area contributed by atoms with E-state index in [2.05, 4.69) is 15.2 Å². The first-order valence-corrected chi connectivity index (χ1v) is 11.0. The highest BCUT2D eigenvalue weighted by atomic mass is 32.2. The summed E-state index contributed by atoms with van der Waals surface area (Å²) in [5.41, 5.74) is -1.55. The van der Waals surface area contributed by atoms with Crippen molar-refractivity contribution in [3.8, 4) is 11.6 Å². The van der Waals surface area contributed by atoms with Gasteiger partial charge in [0.25, 0.3) is 0 Å². The van der Waals surface area contributed by atoms with E-state index < -0.39 is 44.6 Å². The Bertz CT molecular complexity index is 1460. The van der Waals surface area contributed by atoms with Crippen molar-refractivity contribution in [2.75, 3.05) is 0 Å². The Balaban J connectivity index is 1.76. The van der Waals surface area contributed by atoms with Crippen LogP contribution in [-0.2, 0) is 23.3 Å². The molecule has 4 rings (SSSR count). The van der Waals surface area contributed by atoms with Gasteiger partial charge in [0.05, 0.1) is 17.4 Å². The lowest BCUT2D eigenvalue weighted by atomic mass is 9.99. The molecule has 0 atom stereocenters. The zero-order chi connectivity index (χ0) is 24.7. The average molecular weight is 491 g/mol. The zero-order valence-corrected chi connectivity index (χ0v) is 18.5. The summed E-state index contributed by atoms with van der Waals surface area (Å²) in [5.74, 6) is -1.63. The maximum absolute atomic E-state index is 13.8. The van der Waals surface area contributed by atoms with Gasteiger partial charge in [-0.2, -0.15) is 31.8 Å². The molecule has 0 radical (unpaired) electrons. The summed E-state index contributed by atoms with van der Waals surface area (Å²) in [6, 6.07) is 8.72. The van der Waals surface area contributed by atoms with E-state index in [-0.39, 0.29) is 10.6 Å². The Morgan fingerprint density at radius 1 is 1.03 bits per heavy atom. The van der Waals surface area contributed by atoms with Gasteiger partial charge in [-0.05, 0) is 37.3 Å². The summed E-state index contributed by atoms with van der Waals surface area (Å²) in [6.45, 7) is 1.77. The molecule has 2 aromatic carbocycles. The van der Waals surface area contributed by atoms with E-state index in [1.165, 1.54) is 31.6 Å². The molecule has 2 heterocycles. The molecule has 0 amide bonds. The van der Waals surface area contributed by atoms with Gasteiger partial charge in [-0.1, -0.05) is 17.7 Å². The molecular weight excluding hydrogens is 475 g/mol. The monoisotopic (exact) mass is 491 g/mol. The number of carbonyl (C=O) groups excluding carboxylic acids is 1. The highest BCUT2D eigenvalue weighted by molar-refractivity contribution is 7.87. The Morgan fingerprint density at radius 3 is 2.35 bits per heavy atom. The number of nitrogens with zero attached hydrogens (tertiary/aromatic N) is 5. The van der Waals surface area contributed by atoms with Gasteiger partial charge < -0.3 is 4.18 Å². The molecule has 34 heavy (non-hydrogen) atoms. The van der Waals surface area contributed by atoms with Gasteiger partial charge in [-0.25, -0.2) is 14.3 Å². The fourth-order valence-electron chi connectivity index (χ4n) is 3.13. The number of aromatic nitrogens is 5. The molecule has 0 aliphatic heterocycles. The molecule has 9 nitrogen and oxygen atoms in total. The maximum Gasteiger partial charge on any atom is 0.417 e. The molecular formula is C21H16F3N5O4S.